The molecule has 0 saturated carbocycles. The largest absolute Gasteiger partial charge is 0.396 e. The number of nitrogens with one attached hydrogen (secondary N) is 1. The van der Waals surface area contributed by atoms with Crippen molar-refractivity contribution < 1.29 is 9.90 Å². The van der Waals surface area contributed by atoms with E-state index in [2.05, 4.69) is 10.2 Å². The summed E-state index contributed by atoms with van der Waals surface area (Å²) in [6.45, 7) is 3.16. The van der Waals surface area contributed by atoms with E-state index in [0.717, 1.165) is 26.1 Å². The molecule has 1 heterocycles. The molecule has 0 spiro atoms. The fourth-order valence-electron chi connectivity index (χ4n) is 1.18. The Kier molecular flexibility index (Phi) is 3.32. The number of carbonyl (C=O) groups is 1. The topological polar surface area (TPSA) is 52.6 Å². The van der Waals surface area contributed by atoms with E-state index in [4.69, 9.17) is 5.11 Å². The standard InChI is InChI=1S/C7H14N2O2/c10-5-1-3-9-4-2-8-7(11)6-9/h10H,1-6H2,(H,8,11). The number of hydrogen-bond donors (Lipinski definition) is 2. The van der Waals surface area contributed by atoms with Crippen LogP contribution in [0.2, 0.25) is 0 Å². The zero-order chi connectivity index (χ0) is 8.10. The van der Waals surface area contributed by atoms with Crippen LogP contribution in [0.5, 0.6) is 0 Å². The van der Waals surface area contributed by atoms with E-state index < -0.39 is 0 Å². The molecular formula is C7H14N2O2. The lowest BCUT2D eigenvalue weighted by atomic mass is 10.3. The van der Waals surface area contributed by atoms with Crippen LogP contribution in [0.15, 0.2) is 0 Å². The van der Waals surface area contributed by atoms with Gasteiger partial charge in [0.1, 0.15) is 0 Å². The minimum Gasteiger partial charge on any atom is -0.396 e. The molecule has 1 aliphatic rings. The average molecular weight is 158 g/mol. The molecule has 64 valence electrons. The van der Waals surface area contributed by atoms with Crippen molar-refractivity contribution >= 4 is 5.91 Å². The quantitative estimate of drug-likeness (QED) is 0.542. The maximum Gasteiger partial charge on any atom is 0.234 e. The van der Waals surface area contributed by atoms with Gasteiger partial charge in [-0.3, -0.25) is 9.69 Å². The van der Waals surface area contributed by atoms with E-state index in [1.807, 2.05) is 0 Å². The Morgan fingerprint density at radius 3 is 3.09 bits per heavy atom. The van der Waals surface area contributed by atoms with Crippen molar-refractivity contribution in [2.24, 2.45) is 0 Å². The van der Waals surface area contributed by atoms with Crippen LogP contribution in [0.1, 0.15) is 6.42 Å². The Hall–Kier alpha value is -0.610. The first-order valence-corrected chi connectivity index (χ1v) is 3.93. The number of rotatable bonds is 3. The first kappa shape index (κ1) is 8.49. The lowest BCUT2D eigenvalue weighted by molar-refractivity contribution is -0.124. The second kappa shape index (κ2) is 4.31. The number of aliphatic hydroxyl groups is 1. The van der Waals surface area contributed by atoms with Crippen LogP contribution >= 0.6 is 0 Å². The van der Waals surface area contributed by atoms with Crippen molar-refractivity contribution in [3.05, 3.63) is 0 Å². The summed E-state index contributed by atoms with van der Waals surface area (Å²) in [5, 5.41) is 11.3. The highest BCUT2D eigenvalue weighted by Crippen LogP contribution is 1.94. The number of piperazine rings is 1. The van der Waals surface area contributed by atoms with Gasteiger partial charge in [-0.05, 0) is 6.42 Å². The van der Waals surface area contributed by atoms with Crippen LogP contribution < -0.4 is 5.32 Å². The Bertz CT molecular complexity index is 138. The van der Waals surface area contributed by atoms with Crippen molar-refractivity contribution in [2.45, 2.75) is 6.42 Å². The summed E-state index contributed by atoms with van der Waals surface area (Å²) in [5.41, 5.74) is 0. The number of nitrogens with zero attached hydrogens (tertiary/aromatic N) is 1. The van der Waals surface area contributed by atoms with Crippen molar-refractivity contribution in [3.8, 4) is 0 Å². The van der Waals surface area contributed by atoms with E-state index in [0.29, 0.717) is 6.54 Å². The van der Waals surface area contributed by atoms with Gasteiger partial charge in [-0.25, -0.2) is 0 Å². The van der Waals surface area contributed by atoms with Gasteiger partial charge in [0, 0.05) is 26.2 Å². The molecule has 1 saturated heterocycles. The number of carbonyl (C=O) groups excluding carboxylic acids is 1. The van der Waals surface area contributed by atoms with Crippen LogP contribution in [0.3, 0.4) is 0 Å². The van der Waals surface area contributed by atoms with Gasteiger partial charge in [0.05, 0.1) is 6.54 Å². The highest BCUT2D eigenvalue weighted by atomic mass is 16.3. The molecule has 4 heteroatoms. The molecule has 0 aromatic heterocycles. The zero-order valence-corrected chi connectivity index (χ0v) is 6.55. The van der Waals surface area contributed by atoms with E-state index in [1.54, 1.807) is 0 Å². The second-order valence-electron chi connectivity index (χ2n) is 2.70. The van der Waals surface area contributed by atoms with E-state index >= 15 is 0 Å². The van der Waals surface area contributed by atoms with Gasteiger partial charge in [-0.2, -0.15) is 0 Å². The van der Waals surface area contributed by atoms with Crippen LogP contribution in [0.25, 0.3) is 0 Å². The lowest BCUT2D eigenvalue weighted by Crippen LogP contribution is -2.47. The minimum absolute atomic E-state index is 0.0918. The first-order valence-electron chi connectivity index (χ1n) is 3.93. The summed E-state index contributed by atoms with van der Waals surface area (Å²) in [4.78, 5) is 12.9. The molecule has 0 unspecified atom stereocenters. The fraction of sp³-hybridized carbons (Fsp3) is 0.857. The predicted octanol–water partition coefficient (Wildman–Crippen LogP) is -1.20. The summed E-state index contributed by atoms with van der Waals surface area (Å²) in [5.74, 6) is 0.0918. The molecule has 1 rings (SSSR count). The molecule has 0 radical (unpaired) electrons. The van der Waals surface area contributed by atoms with Crippen LogP contribution in [0, 0.1) is 0 Å². The molecule has 1 aliphatic heterocycles. The summed E-state index contributed by atoms with van der Waals surface area (Å²) >= 11 is 0. The zero-order valence-electron chi connectivity index (χ0n) is 6.55. The van der Waals surface area contributed by atoms with Crippen molar-refractivity contribution in [2.75, 3.05) is 32.8 Å². The van der Waals surface area contributed by atoms with Crippen LogP contribution in [0.4, 0.5) is 0 Å². The monoisotopic (exact) mass is 158 g/mol. The van der Waals surface area contributed by atoms with Gasteiger partial charge in [0.25, 0.3) is 0 Å². The molecule has 0 aliphatic carbocycles. The third-order valence-electron chi connectivity index (χ3n) is 1.75. The Morgan fingerprint density at radius 2 is 2.45 bits per heavy atom. The Balaban J connectivity index is 2.17. The van der Waals surface area contributed by atoms with Gasteiger partial charge < -0.3 is 10.4 Å². The first-order chi connectivity index (χ1) is 5.33. The van der Waals surface area contributed by atoms with Crippen molar-refractivity contribution in [3.63, 3.8) is 0 Å². The maximum atomic E-state index is 10.8. The molecule has 0 aromatic carbocycles. The highest BCUT2D eigenvalue weighted by Gasteiger charge is 2.14. The molecule has 2 N–H and O–H groups in total. The third kappa shape index (κ3) is 2.86. The SMILES string of the molecule is O=C1CN(CCCO)CCN1. The second-order valence-corrected chi connectivity index (χ2v) is 2.70. The van der Waals surface area contributed by atoms with Gasteiger partial charge in [-0.1, -0.05) is 0 Å². The average Bonchev–Trinajstić information content (AvgIpc) is 2.01. The summed E-state index contributed by atoms with van der Waals surface area (Å²) in [6.07, 6.45) is 0.757. The van der Waals surface area contributed by atoms with Crippen molar-refractivity contribution in [1.82, 2.24) is 10.2 Å². The molecular weight excluding hydrogens is 144 g/mol. The minimum atomic E-state index is 0.0918. The number of amides is 1. The van der Waals surface area contributed by atoms with E-state index in [-0.39, 0.29) is 12.5 Å². The highest BCUT2D eigenvalue weighted by molar-refractivity contribution is 5.78. The summed E-state index contributed by atoms with van der Waals surface area (Å²) in [7, 11) is 0. The van der Waals surface area contributed by atoms with E-state index in [1.165, 1.54) is 0 Å². The molecule has 0 aromatic rings. The smallest absolute Gasteiger partial charge is 0.234 e. The van der Waals surface area contributed by atoms with Crippen LogP contribution in [-0.4, -0.2) is 48.7 Å². The summed E-state index contributed by atoms with van der Waals surface area (Å²) in [6, 6.07) is 0. The number of aliphatic hydroxyl groups excluding tert-OH is 1. The Labute approximate surface area is 66.2 Å². The predicted molar refractivity (Wildman–Crippen MR) is 41.2 cm³/mol. The van der Waals surface area contributed by atoms with Gasteiger partial charge in [0.15, 0.2) is 0 Å². The molecule has 1 fully saturated rings. The lowest BCUT2D eigenvalue weighted by Gasteiger charge is -2.25. The summed E-state index contributed by atoms with van der Waals surface area (Å²) < 4.78 is 0. The van der Waals surface area contributed by atoms with E-state index in [9.17, 15) is 4.79 Å². The molecule has 1 amide bonds. The van der Waals surface area contributed by atoms with Crippen molar-refractivity contribution in [1.29, 1.82) is 0 Å². The van der Waals surface area contributed by atoms with Gasteiger partial charge in [-0.15, -0.1) is 0 Å². The van der Waals surface area contributed by atoms with Crippen LogP contribution in [-0.2, 0) is 4.79 Å². The fourth-order valence-corrected chi connectivity index (χ4v) is 1.18. The number of hydrogen-bond acceptors (Lipinski definition) is 3. The maximum absolute atomic E-state index is 10.8. The third-order valence-corrected chi connectivity index (χ3v) is 1.75. The molecule has 11 heavy (non-hydrogen) atoms. The van der Waals surface area contributed by atoms with Gasteiger partial charge in [0.2, 0.25) is 5.91 Å². The molecule has 0 bridgehead atoms. The molecule has 0 atom stereocenters. The normalized spacial score (nSPS) is 19.9. The van der Waals surface area contributed by atoms with Gasteiger partial charge >= 0.3 is 0 Å². The Morgan fingerprint density at radius 1 is 1.64 bits per heavy atom. The molecule has 4 nitrogen and oxygen atoms in total.